The standard InChI is InChI=1S/C24H20ClF3N2O2S/c1-16(22-11-7-19(26)14-17(22)4-2-3-13-29)30(24-15-20(27)8-12-23(24)28)33(31,32)21-9-5-18(25)6-10-21/h5-12,14-16H,2-4H2,1H3/t16-/m1/s1. The molecule has 0 spiro atoms. The minimum absolute atomic E-state index is 0.171. The highest BCUT2D eigenvalue weighted by molar-refractivity contribution is 7.92. The Kier molecular flexibility index (Phi) is 7.67. The van der Waals surface area contributed by atoms with E-state index in [1.54, 1.807) is 0 Å². The van der Waals surface area contributed by atoms with Crippen LogP contribution in [0.15, 0.2) is 65.6 Å². The molecule has 9 heteroatoms. The first-order chi connectivity index (χ1) is 15.6. The van der Waals surface area contributed by atoms with Crippen molar-refractivity contribution in [1.82, 2.24) is 0 Å². The number of benzene rings is 3. The second-order valence-corrected chi connectivity index (χ2v) is 9.63. The van der Waals surface area contributed by atoms with Crippen LogP contribution in [0.1, 0.15) is 36.9 Å². The van der Waals surface area contributed by atoms with Crippen LogP contribution in [0.5, 0.6) is 0 Å². The summed E-state index contributed by atoms with van der Waals surface area (Å²) < 4.78 is 70.9. The quantitative estimate of drug-likeness (QED) is 0.334. The number of unbranched alkanes of at least 4 members (excludes halogenated alkanes) is 1. The zero-order chi connectivity index (χ0) is 24.2. The highest BCUT2D eigenvalue weighted by Crippen LogP contribution is 2.37. The number of hydrogen-bond donors (Lipinski definition) is 0. The number of aryl methyl sites for hydroxylation is 1. The van der Waals surface area contributed by atoms with Gasteiger partial charge >= 0.3 is 0 Å². The van der Waals surface area contributed by atoms with Gasteiger partial charge in [-0.15, -0.1) is 0 Å². The van der Waals surface area contributed by atoms with E-state index in [0.717, 1.165) is 22.5 Å². The average Bonchev–Trinajstić information content (AvgIpc) is 2.76. The number of sulfonamides is 1. The second kappa shape index (κ2) is 10.3. The Morgan fingerprint density at radius 1 is 1.00 bits per heavy atom. The Bertz CT molecular complexity index is 1290. The van der Waals surface area contributed by atoms with E-state index >= 15 is 0 Å². The van der Waals surface area contributed by atoms with Gasteiger partial charge in [0.1, 0.15) is 17.5 Å². The third-order valence-electron chi connectivity index (χ3n) is 5.16. The SMILES string of the molecule is C[C@H](c1ccc(F)cc1CCCC#N)N(c1cc(F)ccc1F)S(=O)(=O)c1ccc(Cl)cc1. The fourth-order valence-corrected chi connectivity index (χ4v) is 5.37. The molecule has 3 aromatic carbocycles. The van der Waals surface area contributed by atoms with E-state index in [1.807, 2.05) is 6.07 Å². The summed E-state index contributed by atoms with van der Waals surface area (Å²) in [5.74, 6) is -2.28. The minimum atomic E-state index is -4.39. The maximum absolute atomic E-state index is 14.8. The predicted molar refractivity (Wildman–Crippen MR) is 121 cm³/mol. The van der Waals surface area contributed by atoms with Crippen LogP contribution in [0.25, 0.3) is 0 Å². The lowest BCUT2D eigenvalue weighted by Gasteiger charge is -2.32. The Labute approximate surface area is 195 Å². The summed E-state index contributed by atoms with van der Waals surface area (Å²) in [5.41, 5.74) is 0.408. The summed E-state index contributed by atoms with van der Waals surface area (Å²) in [6, 6.07) is 12.7. The smallest absolute Gasteiger partial charge is 0.256 e. The summed E-state index contributed by atoms with van der Waals surface area (Å²) >= 11 is 5.88. The van der Waals surface area contributed by atoms with Gasteiger partial charge in [-0.05, 0) is 79.4 Å². The first-order valence-electron chi connectivity index (χ1n) is 10.1. The van der Waals surface area contributed by atoms with Crippen LogP contribution >= 0.6 is 11.6 Å². The second-order valence-electron chi connectivity index (χ2n) is 7.38. The maximum Gasteiger partial charge on any atom is 0.264 e. The molecule has 0 aliphatic carbocycles. The molecule has 0 aliphatic rings. The van der Waals surface area contributed by atoms with Crippen molar-refractivity contribution in [3.05, 3.63) is 94.3 Å². The molecule has 0 unspecified atom stereocenters. The first-order valence-corrected chi connectivity index (χ1v) is 11.9. The first kappa shape index (κ1) is 24.6. The molecule has 0 saturated carbocycles. The molecule has 0 N–H and O–H groups in total. The lowest BCUT2D eigenvalue weighted by Crippen LogP contribution is -2.35. The van der Waals surface area contributed by atoms with Crippen molar-refractivity contribution in [2.75, 3.05) is 4.31 Å². The Hall–Kier alpha value is -3.02. The predicted octanol–water partition coefficient (Wildman–Crippen LogP) is 6.56. The molecule has 0 amide bonds. The molecule has 0 radical (unpaired) electrons. The Balaban J connectivity index is 2.20. The summed E-state index contributed by atoms with van der Waals surface area (Å²) in [6.07, 6.45) is 0.971. The van der Waals surface area contributed by atoms with Crippen LogP contribution in [0.4, 0.5) is 18.9 Å². The summed E-state index contributed by atoms with van der Waals surface area (Å²) in [6.45, 7) is 1.51. The number of halogens is 4. The molecule has 0 heterocycles. The monoisotopic (exact) mass is 492 g/mol. The summed E-state index contributed by atoms with van der Waals surface area (Å²) in [4.78, 5) is -0.171. The Morgan fingerprint density at radius 3 is 2.30 bits per heavy atom. The number of rotatable bonds is 8. The molecule has 0 fully saturated rings. The van der Waals surface area contributed by atoms with Crippen LogP contribution in [0.3, 0.4) is 0 Å². The molecule has 4 nitrogen and oxygen atoms in total. The molecule has 0 bridgehead atoms. The van der Waals surface area contributed by atoms with Gasteiger partial charge in [0.15, 0.2) is 0 Å². The van der Waals surface area contributed by atoms with Gasteiger partial charge in [0.2, 0.25) is 0 Å². The highest BCUT2D eigenvalue weighted by atomic mass is 35.5. The minimum Gasteiger partial charge on any atom is -0.256 e. The van der Waals surface area contributed by atoms with Gasteiger partial charge in [-0.3, -0.25) is 4.31 Å². The van der Waals surface area contributed by atoms with Crippen molar-refractivity contribution >= 4 is 27.3 Å². The van der Waals surface area contributed by atoms with Gasteiger partial charge in [-0.2, -0.15) is 5.26 Å². The summed E-state index contributed by atoms with van der Waals surface area (Å²) in [5, 5.41) is 9.13. The fraction of sp³-hybridized carbons (Fsp3) is 0.208. The number of nitriles is 1. The van der Waals surface area contributed by atoms with Crippen LogP contribution < -0.4 is 4.31 Å². The third-order valence-corrected chi connectivity index (χ3v) is 7.31. The normalized spacial score (nSPS) is 12.2. The van der Waals surface area contributed by atoms with Crippen molar-refractivity contribution < 1.29 is 21.6 Å². The van der Waals surface area contributed by atoms with Gasteiger partial charge < -0.3 is 0 Å². The molecule has 172 valence electrons. The molecule has 0 aromatic heterocycles. The molecular formula is C24H20ClF3N2O2S. The summed E-state index contributed by atoms with van der Waals surface area (Å²) in [7, 11) is -4.39. The molecule has 3 rings (SSSR count). The van der Waals surface area contributed by atoms with Gasteiger partial charge in [0.25, 0.3) is 10.0 Å². The number of anilines is 1. The van der Waals surface area contributed by atoms with E-state index in [9.17, 15) is 21.6 Å². The molecule has 1 atom stereocenters. The van der Waals surface area contributed by atoms with Crippen LogP contribution in [0, 0.1) is 28.8 Å². The van der Waals surface area contributed by atoms with E-state index in [-0.39, 0.29) is 11.3 Å². The largest absolute Gasteiger partial charge is 0.264 e. The van der Waals surface area contributed by atoms with E-state index in [2.05, 4.69) is 0 Å². The van der Waals surface area contributed by atoms with Crippen molar-refractivity contribution in [1.29, 1.82) is 5.26 Å². The van der Waals surface area contributed by atoms with Gasteiger partial charge in [-0.25, -0.2) is 21.6 Å². The topological polar surface area (TPSA) is 61.2 Å². The molecule has 0 aliphatic heterocycles. The van der Waals surface area contributed by atoms with Crippen molar-refractivity contribution in [2.45, 2.75) is 37.1 Å². The highest BCUT2D eigenvalue weighted by Gasteiger charge is 2.33. The van der Waals surface area contributed by atoms with E-state index in [1.165, 1.54) is 49.4 Å². The molecule has 33 heavy (non-hydrogen) atoms. The van der Waals surface area contributed by atoms with E-state index in [0.29, 0.717) is 29.0 Å². The van der Waals surface area contributed by atoms with Crippen molar-refractivity contribution in [3.63, 3.8) is 0 Å². The van der Waals surface area contributed by atoms with Crippen LogP contribution in [-0.2, 0) is 16.4 Å². The fourth-order valence-electron chi connectivity index (χ4n) is 3.60. The maximum atomic E-state index is 14.8. The lowest BCUT2D eigenvalue weighted by molar-refractivity contribution is 0.569. The van der Waals surface area contributed by atoms with E-state index < -0.39 is 39.2 Å². The van der Waals surface area contributed by atoms with Crippen LogP contribution in [0.2, 0.25) is 5.02 Å². The van der Waals surface area contributed by atoms with Gasteiger partial charge in [0.05, 0.1) is 22.7 Å². The number of nitrogens with zero attached hydrogens (tertiary/aromatic N) is 2. The molecular weight excluding hydrogens is 473 g/mol. The molecule has 0 saturated heterocycles. The van der Waals surface area contributed by atoms with E-state index in [4.69, 9.17) is 16.9 Å². The zero-order valence-corrected chi connectivity index (χ0v) is 19.2. The molecule has 3 aromatic rings. The Morgan fingerprint density at radius 2 is 1.64 bits per heavy atom. The average molecular weight is 493 g/mol. The van der Waals surface area contributed by atoms with Gasteiger partial charge in [0, 0.05) is 17.5 Å². The van der Waals surface area contributed by atoms with Gasteiger partial charge in [-0.1, -0.05) is 17.7 Å². The zero-order valence-electron chi connectivity index (χ0n) is 17.6. The number of hydrogen-bond acceptors (Lipinski definition) is 3. The van der Waals surface area contributed by atoms with Crippen molar-refractivity contribution in [3.8, 4) is 6.07 Å². The van der Waals surface area contributed by atoms with Crippen LogP contribution in [-0.4, -0.2) is 8.42 Å². The van der Waals surface area contributed by atoms with Crippen molar-refractivity contribution in [2.24, 2.45) is 0 Å². The lowest BCUT2D eigenvalue weighted by atomic mass is 9.97. The third kappa shape index (κ3) is 5.49.